The third-order valence-electron chi connectivity index (χ3n) is 3.00. The Bertz CT molecular complexity index is 500. The van der Waals surface area contributed by atoms with E-state index in [1.54, 1.807) is 11.3 Å². The highest BCUT2D eigenvalue weighted by Gasteiger charge is 2.07. The lowest BCUT2D eigenvalue weighted by Crippen LogP contribution is -2.17. The predicted molar refractivity (Wildman–Crippen MR) is 73.2 cm³/mol. The highest BCUT2D eigenvalue weighted by molar-refractivity contribution is 7.11. The average Bonchev–Trinajstić information content (AvgIpc) is 2.67. The van der Waals surface area contributed by atoms with Gasteiger partial charge in [0.05, 0.1) is 5.69 Å². The molecule has 1 atom stereocenters. The van der Waals surface area contributed by atoms with Crippen LogP contribution >= 0.6 is 11.3 Å². The van der Waals surface area contributed by atoms with E-state index in [9.17, 15) is 4.39 Å². The maximum atomic E-state index is 12.8. The van der Waals surface area contributed by atoms with Crippen LogP contribution in [0, 0.1) is 19.7 Å². The van der Waals surface area contributed by atoms with Crippen LogP contribution in [0.4, 0.5) is 4.39 Å². The van der Waals surface area contributed by atoms with E-state index in [0.29, 0.717) is 0 Å². The number of benzene rings is 1. The van der Waals surface area contributed by atoms with Crippen LogP contribution < -0.4 is 5.32 Å². The summed E-state index contributed by atoms with van der Waals surface area (Å²) in [6.07, 6.45) is 0. The Morgan fingerprint density at radius 1 is 1.28 bits per heavy atom. The number of rotatable bonds is 4. The molecule has 0 spiro atoms. The van der Waals surface area contributed by atoms with Crippen molar-refractivity contribution >= 4 is 11.3 Å². The lowest BCUT2D eigenvalue weighted by atomic mass is 10.1. The topological polar surface area (TPSA) is 24.9 Å². The van der Waals surface area contributed by atoms with Gasteiger partial charge in [-0.3, -0.25) is 0 Å². The lowest BCUT2D eigenvalue weighted by molar-refractivity contribution is 0.569. The first kappa shape index (κ1) is 13.2. The van der Waals surface area contributed by atoms with Crippen molar-refractivity contribution < 1.29 is 4.39 Å². The van der Waals surface area contributed by atoms with Crippen molar-refractivity contribution in [1.82, 2.24) is 10.3 Å². The standard InChI is InChI=1S/C14H17FN2S/c1-9-11(3)18-14(17-9)8-16-10(2)12-4-6-13(15)7-5-12/h4-7,10,16H,8H2,1-3H3. The molecule has 96 valence electrons. The minimum atomic E-state index is -0.197. The van der Waals surface area contributed by atoms with E-state index in [0.717, 1.165) is 22.8 Å². The van der Waals surface area contributed by atoms with Gasteiger partial charge in [0, 0.05) is 17.5 Å². The molecule has 0 aliphatic carbocycles. The van der Waals surface area contributed by atoms with Gasteiger partial charge in [-0.2, -0.15) is 0 Å². The number of nitrogens with zero attached hydrogens (tertiary/aromatic N) is 1. The second kappa shape index (κ2) is 5.59. The molecule has 0 aliphatic rings. The van der Waals surface area contributed by atoms with Gasteiger partial charge in [0.1, 0.15) is 10.8 Å². The zero-order valence-corrected chi connectivity index (χ0v) is 11.6. The monoisotopic (exact) mass is 264 g/mol. The molecule has 18 heavy (non-hydrogen) atoms. The van der Waals surface area contributed by atoms with Gasteiger partial charge in [0.25, 0.3) is 0 Å². The molecule has 2 nitrogen and oxygen atoms in total. The van der Waals surface area contributed by atoms with Gasteiger partial charge in [-0.05, 0) is 38.5 Å². The second-order valence-corrected chi connectivity index (χ2v) is 5.69. The third kappa shape index (κ3) is 3.15. The van der Waals surface area contributed by atoms with Crippen LogP contribution in [0.3, 0.4) is 0 Å². The molecule has 1 heterocycles. The summed E-state index contributed by atoms with van der Waals surface area (Å²) in [5, 5.41) is 4.50. The number of hydrogen-bond donors (Lipinski definition) is 1. The Balaban J connectivity index is 1.95. The summed E-state index contributed by atoms with van der Waals surface area (Å²) >= 11 is 1.72. The van der Waals surface area contributed by atoms with Crippen LogP contribution in [-0.4, -0.2) is 4.98 Å². The number of thiazole rings is 1. The first-order valence-corrected chi connectivity index (χ1v) is 6.79. The predicted octanol–water partition coefficient (Wildman–Crippen LogP) is 3.75. The van der Waals surface area contributed by atoms with E-state index < -0.39 is 0 Å². The maximum Gasteiger partial charge on any atom is 0.123 e. The van der Waals surface area contributed by atoms with Gasteiger partial charge in [-0.15, -0.1) is 11.3 Å². The molecule has 0 bridgehead atoms. The smallest absolute Gasteiger partial charge is 0.123 e. The van der Waals surface area contributed by atoms with Gasteiger partial charge < -0.3 is 5.32 Å². The average molecular weight is 264 g/mol. The fraction of sp³-hybridized carbons (Fsp3) is 0.357. The van der Waals surface area contributed by atoms with Crippen LogP contribution in [0.15, 0.2) is 24.3 Å². The normalized spacial score (nSPS) is 12.7. The van der Waals surface area contributed by atoms with Gasteiger partial charge >= 0.3 is 0 Å². The molecule has 1 unspecified atom stereocenters. The molecule has 0 saturated carbocycles. The number of hydrogen-bond acceptors (Lipinski definition) is 3. The van der Waals surface area contributed by atoms with Crippen LogP contribution in [0.5, 0.6) is 0 Å². The minimum Gasteiger partial charge on any atom is -0.304 e. The molecular weight excluding hydrogens is 247 g/mol. The molecule has 0 aliphatic heterocycles. The molecular formula is C14H17FN2S. The summed E-state index contributed by atoms with van der Waals surface area (Å²) in [5.74, 6) is -0.197. The maximum absolute atomic E-state index is 12.8. The molecule has 1 aromatic carbocycles. The SMILES string of the molecule is Cc1nc(CNC(C)c2ccc(F)cc2)sc1C. The summed E-state index contributed by atoms with van der Waals surface area (Å²) in [4.78, 5) is 5.75. The van der Waals surface area contributed by atoms with Gasteiger partial charge in [0.2, 0.25) is 0 Å². The molecule has 1 N–H and O–H groups in total. The molecule has 2 rings (SSSR count). The van der Waals surface area contributed by atoms with Gasteiger partial charge in [0.15, 0.2) is 0 Å². The lowest BCUT2D eigenvalue weighted by Gasteiger charge is -2.13. The summed E-state index contributed by atoms with van der Waals surface area (Å²) in [5.41, 5.74) is 2.19. The summed E-state index contributed by atoms with van der Waals surface area (Å²) < 4.78 is 12.8. The van der Waals surface area contributed by atoms with E-state index in [1.165, 1.54) is 17.0 Å². The Morgan fingerprint density at radius 2 is 1.94 bits per heavy atom. The fourth-order valence-electron chi connectivity index (χ4n) is 1.72. The summed E-state index contributed by atoms with van der Waals surface area (Å²) in [6.45, 7) is 6.93. The van der Waals surface area contributed by atoms with Crippen molar-refractivity contribution in [1.29, 1.82) is 0 Å². The summed E-state index contributed by atoms with van der Waals surface area (Å²) in [7, 11) is 0. The van der Waals surface area contributed by atoms with E-state index in [1.807, 2.05) is 19.1 Å². The van der Waals surface area contributed by atoms with Crippen molar-refractivity contribution in [2.24, 2.45) is 0 Å². The Kier molecular flexibility index (Phi) is 4.09. The Hall–Kier alpha value is -1.26. The van der Waals surface area contributed by atoms with E-state index in [2.05, 4.69) is 24.1 Å². The van der Waals surface area contributed by atoms with Crippen LogP contribution in [0.25, 0.3) is 0 Å². The highest BCUT2D eigenvalue weighted by atomic mass is 32.1. The number of nitrogens with one attached hydrogen (secondary N) is 1. The molecule has 1 aromatic heterocycles. The summed E-state index contributed by atoms with van der Waals surface area (Å²) in [6, 6.07) is 6.79. The zero-order chi connectivity index (χ0) is 13.1. The quantitative estimate of drug-likeness (QED) is 0.909. The van der Waals surface area contributed by atoms with Crippen LogP contribution in [0.2, 0.25) is 0 Å². The molecule has 2 aromatic rings. The molecule has 0 radical (unpaired) electrons. The number of halogens is 1. The minimum absolute atomic E-state index is 0.190. The van der Waals surface area contributed by atoms with Crippen molar-refractivity contribution in [3.8, 4) is 0 Å². The highest BCUT2D eigenvalue weighted by Crippen LogP contribution is 2.18. The zero-order valence-electron chi connectivity index (χ0n) is 10.8. The first-order valence-electron chi connectivity index (χ1n) is 5.98. The Morgan fingerprint density at radius 3 is 2.50 bits per heavy atom. The Labute approximate surface area is 111 Å². The van der Waals surface area contributed by atoms with Crippen molar-refractivity contribution in [2.45, 2.75) is 33.4 Å². The van der Waals surface area contributed by atoms with Gasteiger partial charge in [-0.25, -0.2) is 9.37 Å². The van der Waals surface area contributed by atoms with Crippen molar-refractivity contribution in [3.63, 3.8) is 0 Å². The number of aromatic nitrogens is 1. The number of aryl methyl sites for hydroxylation is 2. The second-order valence-electron chi connectivity index (χ2n) is 4.40. The molecule has 4 heteroatoms. The van der Waals surface area contributed by atoms with E-state index >= 15 is 0 Å². The van der Waals surface area contributed by atoms with E-state index in [4.69, 9.17) is 0 Å². The largest absolute Gasteiger partial charge is 0.304 e. The van der Waals surface area contributed by atoms with Crippen molar-refractivity contribution in [2.75, 3.05) is 0 Å². The van der Waals surface area contributed by atoms with Gasteiger partial charge in [-0.1, -0.05) is 12.1 Å². The van der Waals surface area contributed by atoms with E-state index in [-0.39, 0.29) is 11.9 Å². The molecule has 0 fully saturated rings. The van der Waals surface area contributed by atoms with Crippen LogP contribution in [-0.2, 0) is 6.54 Å². The third-order valence-corrected chi connectivity index (χ3v) is 4.08. The molecule has 0 saturated heterocycles. The fourth-order valence-corrected chi connectivity index (χ4v) is 2.61. The first-order chi connectivity index (χ1) is 8.56. The van der Waals surface area contributed by atoms with Crippen molar-refractivity contribution in [3.05, 3.63) is 51.2 Å². The molecule has 0 amide bonds. The van der Waals surface area contributed by atoms with Crippen LogP contribution in [0.1, 0.15) is 34.1 Å².